The molecule has 0 radical (unpaired) electrons. The van der Waals surface area contributed by atoms with E-state index in [1.165, 1.54) is 16.5 Å². The molecule has 158 valence electrons. The van der Waals surface area contributed by atoms with Gasteiger partial charge in [-0.15, -0.1) is 0 Å². The second-order valence-electron chi connectivity index (χ2n) is 8.70. The first-order valence-corrected chi connectivity index (χ1v) is 11.2. The first kappa shape index (κ1) is 18.9. The van der Waals surface area contributed by atoms with Gasteiger partial charge in [0.05, 0.1) is 17.3 Å². The predicted molar refractivity (Wildman–Crippen MR) is 129 cm³/mol. The van der Waals surface area contributed by atoms with E-state index in [9.17, 15) is 4.79 Å². The van der Waals surface area contributed by atoms with E-state index in [0.29, 0.717) is 23.9 Å². The van der Waals surface area contributed by atoms with Gasteiger partial charge >= 0.3 is 0 Å². The lowest BCUT2D eigenvalue weighted by atomic mass is 9.76. The molecule has 2 heterocycles. The number of benzene rings is 3. The van der Waals surface area contributed by atoms with Gasteiger partial charge in [-0.05, 0) is 41.2 Å². The quantitative estimate of drug-likeness (QED) is 0.359. The number of H-pyrrole nitrogens is 1. The van der Waals surface area contributed by atoms with Crippen molar-refractivity contribution in [1.29, 1.82) is 0 Å². The van der Waals surface area contributed by atoms with Crippen LogP contribution in [-0.2, 0) is 6.54 Å². The summed E-state index contributed by atoms with van der Waals surface area (Å²) in [6.07, 6.45) is 7.76. The van der Waals surface area contributed by atoms with E-state index in [1.807, 2.05) is 42.5 Å². The maximum absolute atomic E-state index is 13.2. The van der Waals surface area contributed by atoms with Crippen molar-refractivity contribution in [3.05, 3.63) is 113 Å². The van der Waals surface area contributed by atoms with Crippen LogP contribution >= 0.6 is 0 Å². The van der Waals surface area contributed by atoms with Crippen molar-refractivity contribution < 1.29 is 4.79 Å². The molecule has 3 unspecified atom stereocenters. The summed E-state index contributed by atoms with van der Waals surface area (Å²) in [7, 11) is 0. The summed E-state index contributed by atoms with van der Waals surface area (Å²) in [5, 5.41) is 8.13. The predicted octanol–water partition coefficient (Wildman–Crippen LogP) is 5.92. The zero-order valence-corrected chi connectivity index (χ0v) is 17.7. The monoisotopic (exact) mass is 419 g/mol. The number of carbonyl (C=O) groups is 1. The molecule has 4 heteroatoms. The van der Waals surface area contributed by atoms with Crippen LogP contribution in [0.1, 0.15) is 45.4 Å². The molecule has 4 aromatic rings. The highest BCUT2D eigenvalue weighted by atomic mass is 16.1. The first-order chi connectivity index (χ1) is 15.8. The minimum Gasteiger partial charge on any atom is -0.377 e. The molecule has 3 aromatic carbocycles. The Morgan fingerprint density at radius 1 is 0.938 bits per heavy atom. The SMILES string of the molecule is O=C(NCc1ccccc1)c1cccc2c1NC(c1c[nH]c3ccccc13)C1CC=CC21. The van der Waals surface area contributed by atoms with Crippen LogP contribution in [0.25, 0.3) is 10.9 Å². The Morgan fingerprint density at radius 3 is 2.69 bits per heavy atom. The van der Waals surface area contributed by atoms with Gasteiger partial charge in [-0.25, -0.2) is 0 Å². The number of aromatic nitrogens is 1. The van der Waals surface area contributed by atoms with Crippen LogP contribution in [0.4, 0.5) is 5.69 Å². The number of rotatable bonds is 4. The molecule has 0 spiro atoms. The van der Waals surface area contributed by atoms with Crippen molar-refractivity contribution >= 4 is 22.5 Å². The number of allylic oxidation sites excluding steroid dienone is 2. The van der Waals surface area contributed by atoms with Crippen molar-refractivity contribution in [2.45, 2.75) is 24.9 Å². The van der Waals surface area contributed by atoms with E-state index in [0.717, 1.165) is 23.2 Å². The summed E-state index contributed by atoms with van der Waals surface area (Å²) in [5.74, 6) is 0.701. The van der Waals surface area contributed by atoms with E-state index in [2.05, 4.69) is 64.3 Å². The lowest BCUT2D eigenvalue weighted by Gasteiger charge is -2.38. The van der Waals surface area contributed by atoms with E-state index in [1.54, 1.807) is 0 Å². The van der Waals surface area contributed by atoms with Gasteiger partial charge in [-0.2, -0.15) is 0 Å². The molecule has 1 aliphatic heterocycles. The minimum atomic E-state index is -0.0451. The largest absolute Gasteiger partial charge is 0.377 e. The number of hydrogen-bond acceptors (Lipinski definition) is 2. The number of para-hydroxylation sites is 2. The second kappa shape index (κ2) is 7.72. The number of hydrogen-bond donors (Lipinski definition) is 3. The number of fused-ring (bicyclic) bond motifs is 4. The van der Waals surface area contributed by atoms with Crippen molar-refractivity contribution in [3.8, 4) is 0 Å². The summed E-state index contributed by atoms with van der Waals surface area (Å²) >= 11 is 0. The van der Waals surface area contributed by atoms with Gasteiger partial charge in [0, 0.05) is 29.6 Å². The van der Waals surface area contributed by atoms with Crippen LogP contribution in [0.3, 0.4) is 0 Å². The van der Waals surface area contributed by atoms with Crippen molar-refractivity contribution in [1.82, 2.24) is 10.3 Å². The van der Waals surface area contributed by atoms with Crippen molar-refractivity contribution in [3.63, 3.8) is 0 Å². The molecule has 4 nitrogen and oxygen atoms in total. The van der Waals surface area contributed by atoms with Gasteiger partial charge in [0.25, 0.3) is 5.91 Å². The number of aromatic amines is 1. The molecule has 3 N–H and O–H groups in total. The highest BCUT2D eigenvalue weighted by Gasteiger charge is 2.40. The Morgan fingerprint density at radius 2 is 1.78 bits per heavy atom. The highest BCUT2D eigenvalue weighted by Crippen LogP contribution is 2.51. The van der Waals surface area contributed by atoms with Gasteiger partial charge in [-0.1, -0.05) is 72.8 Å². The fourth-order valence-corrected chi connectivity index (χ4v) is 5.34. The van der Waals surface area contributed by atoms with Crippen molar-refractivity contribution in [2.75, 3.05) is 5.32 Å². The summed E-state index contributed by atoms with van der Waals surface area (Å²) < 4.78 is 0. The van der Waals surface area contributed by atoms with Gasteiger partial charge in [-0.3, -0.25) is 4.79 Å². The summed E-state index contributed by atoms with van der Waals surface area (Å²) in [4.78, 5) is 16.6. The van der Waals surface area contributed by atoms with Crippen LogP contribution in [0, 0.1) is 5.92 Å². The molecule has 0 fully saturated rings. The third-order valence-corrected chi connectivity index (χ3v) is 6.89. The lowest BCUT2D eigenvalue weighted by molar-refractivity contribution is 0.0951. The molecular formula is C28H25N3O. The smallest absolute Gasteiger partial charge is 0.253 e. The second-order valence-corrected chi connectivity index (χ2v) is 8.70. The third kappa shape index (κ3) is 3.11. The summed E-state index contributed by atoms with van der Waals surface area (Å²) in [5.41, 5.74) is 6.39. The fraction of sp³-hybridized carbons (Fsp3) is 0.179. The Balaban J connectivity index is 1.37. The van der Waals surface area contributed by atoms with Gasteiger partial charge in [0.15, 0.2) is 0 Å². The molecule has 1 amide bonds. The third-order valence-electron chi connectivity index (χ3n) is 6.89. The Hall–Kier alpha value is -3.79. The minimum absolute atomic E-state index is 0.0451. The lowest BCUT2D eigenvalue weighted by Crippen LogP contribution is -2.32. The van der Waals surface area contributed by atoms with Crippen LogP contribution in [0.15, 0.2) is 91.1 Å². The molecule has 0 bridgehead atoms. The number of anilines is 1. The molecule has 0 saturated carbocycles. The Bertz CT molecular complexity index is 1320. The van der Waals surface area contributed by atoms with E-state index >= 15 is 0 Å². The van der Waals surface area contributed by atoms with Gasteiger partial charge < -0.3 is 15.6 Å². The molecule has 32 heavy (non-hydrogen) atoms. The Labute approximate surface area is 187 Å². The first-order valence-electron chi connectivity index (χ1n) is 11.2. The molecule has 6 rings (SSSR count). The van der Waals surface area contributed by atoms with Gasteiger partial charge in [0.2, 0.25) is 0 Å². The average Bonchev–Trinajstić information content (AvgIpc) is 3.50. The van der Waals surface area contributed by atoms with Crippen molar-refractivity contribution in [2.24, 2.45) is 5.92 Å². The van der Waals surface area contributed by atoms with Crippen LogP contribution in [0.2, 0.25) is 0 Å². The molecule has 1 aliphatic carbocycles. The Kier molecular flexibility index (Phi) is 4.57. The fourth-order valence-electron chi connectivity index (χ4n) is 5.34. The van der Waals surface area contributed by atoms with Crippen LogP contribution < -0.4 is 10.6 Å². The molecular weight excluding hydrogens is 394 g/mol. The zero-order chi connectivity index (χ0) is 21.5. The summed E-state index contributed by atoms with van der Waals surface area (Å²) in [6.45, 7) is 0.515. The zero-order valence-electron chi connectivity index (χ0n) is 17.7. The van der Waals surface area contributed by atoms with E-state index < -0.39 is 0 Å². The van der Waals surface area contributed by atoms with E-state index in [4.69, 9.17) is 0 Å². The van der Waals surface area contributed by atoms with E-state index in [-0.39, 0.29) is 11.9 Å². The maximum Gasteiger partial charge on any atom is 0.253 e. The standard InChI is InChI=1S/C28H25N3O/c32-28(30-16-18-8-2-1-3-9-18)23-14-7-13-21-19-11-6-12-22(19)27(31-26(21)23)24-17-29-25-15-5-4-10-20(24)25/h1-11,13-15,17,19,22,27,29,31H,12,16H2,(H,30,32). The molecule has 0 saturated heterocycles. The summed E-state index contributed by atoms with van der Waals surface area (Å²) in [6, 6.07) is 24.7. The topological polar surface area (TPSA) is 56.9 Å². The molecule has 2 aliphatic rings. The molecule has 1 aromatic heterocycles. The normalized spacial score (nSPS) is 21.1. The highest BCUT2D eigenvalue weighted by molar-refractivity contribution is 6.01. The number of carbonyl (C=O) groups excluding carboxylic acids is 1. The molecule has 3 atom stereocenters. The van der Waals surface area contributed by atoms with Gasteiger partial charge in [0.1, 0.15) is 0 Å². The van der Waals surface area contributed by atoms with Crippen LogP contribution in [0.5, 0.6) is 0 Å². The number of nitrogens with one attached hydrogen (secondary N) is 3. The average molecular weight is 420 g/mol. The number of amides is 1. The maximum atomic E-state index is 13.2. The van der Waals surface area contributed by atoms with Crippen LogP contribution in [-0.4, -0.2) is 10.9 Å².